The first-order valence-electron chi connectivity index (χ1n) is 5.02. The summed E-state index contributed by atoms with van der Waals surface area (Å²) in [6.45, 7) is 5.54. The van der Waals surface area contributed by atoms with Crippen molar-refractivity contribution in [1.82, 2.24) is 0 Å². The lowest BCUT2D eigenvalue weighted by Gasteiger charge is -2.22. The van der Waals surface area contributed by atoms with Crippen LogP contribution in [0.2, 0.25) is 0 Å². The van der Waals surface area contributed by atoms with E-state index in [0.29, 0.717) is 0 Å². The van der Waals surface area contributed by atoms with Gasteiger partial charge in [0.25, 0.3) is 0 Å². The molecule has 3 rings (SSSR count). The molecule has 2 radical (unpaired) electrons. The maximum absolute atomic E-state index is 5.76. The van der Waals surface area contributed by atoms with Gasteiger partial charge in [0.05, 0.1) is 11.4 Å². The van der Waals surface area contributed by atoms with Gasteiger partial charge >= 0.3 is 0 Å². The summed E-state index contributed by atoms with van der Waals surface area (Å²) in [5.41, 5.74) is 2.62. The van der Waals surface area contributed by atoms with Crippen molar-refractivity contribution in [1.29, 1.82) is 0 Å². The van der Waals surface area contributed by atoms with Crippen LogP contribution in [0.5, 0.6) is 11.5 Å². The van der Waals surface area contributed by atoms with Gasteiger partial charge < -0.3 is 10.1 Å². The lowest BCUT2D eigenvalue weighted by Crippen LogP contribution is -2.03. The fourth-order valence-electron chi connectivity index (χ4n) is 1.75. The van der Waals surface area contributed by atoms with E-state index < -0.39 is 0 Å². The third-order valence-electron chi connectivity index (χ3n) is 2.52. The smallest absolute Gasteiger partial charge is 0.151 e. The molecule has 2 heteroatoms. The lowest BCUT2D eigenvalue weighted by atomic mass is 10.1. The number of hydrogen-bond donors (Lipinski definition) is 1. The highest BCUT2D eigenvalue weighted by atomic mass is 16.5. The van der Waals surface area contributed by atoms with Gasteiger partial charge in [0.1, 0.15) is 0 Å². The van der Waals surface area contributed by atoms with Gasteiger partial charge in [0, 0.05) is 5.56 Å². The molecule has 1 heterocycles. The Labute approximate surface area is 94.2 Å². The summed E-state index contributed by atoms with van der Waals surface area (Å²) >= 11 is 0. The largest absolute Gasteiger partial charge is 0.453 e. The Morgan fingerprint density at radius 1 is 1.19 bits per heavy atom. The molecular formula is C14H9NO. The van der Waals surface area contributed by atoms with Crippen LogP contribution in [0.25, 0.3) is 6.08 Å². The van der Waals surface area contributed by atoms with Crippen molar-refractivity contribution in [2.45, 2.75) is 0 Å². The molecule has 76 valence electrons. The Bertz CT molecular complexity index is 560. The molecule has 2 aromatic rings. The Kier molecular flexibility index (Phi) is 1.93. The highest BCUT2D eigenvalue weighted by molar-refractivity contribution is 5.81. The standard InChI is InChI=1S/C14H9NO/c1-2-10-6-5-9-13-14(10)15-11-7-3-4-8-12(11)16-13/h1-5,7-9,15H. The second kappa shape index (κ2) is 3.42. The van der Waals surface area contributed by atoms with Gasteiger partial charge in [0.15, 0.2) is 11.5 Å². The summed E-state index contributed by atoms with van der Waals surface area (Å²) in [6.07, 6.45) is 1.52. The molecule has 2 aromatic carbocycles. The zero-order valence-corrected chi connectivity index (χ0v) is 8.53. The molecule has 0 saturated heterocycles. The molecule has 0 bridgehead atoms. The highest BCUT2D eigenvalue weighted by Crippen LogP contribution is 2.43. The van der Waals surface area contributed by atoms with Gasteiger partial charge in [-0.15, -0.1) is 0 Å². The molecule has 0 unspecified atom stereocenters. The minimum atomic E-state index is 0.772. The Hall–Kier alpha value is -2.22. The van der Waals surface area contributed by atoms with Crippen LogP contribution >= 0.6 is 0 Å². The maximum atomic E-state index is 5.76. The third-order valence-corrected chi connectivity index (χ3v) is 2.52. The fraction of sp³-hybridized carbons (Fsp3) is 0. The normalized spacial score (nSPS) is 11.8. The Morgan fingerprint density at radius 2 is 2.06 bits per heavy atom. The monoisotopic (exact) mass is 207 g/mol. The van der Waals surface area contributed by atoms with Gasteiger partial charge in [0.2, 0.25) is 0 Å². The van der Waals surface area contributed by atoms with Crippen molar-refractivity contribution in [2.24, 2.45) is 0 Å². The summed E-state index contributed by atoms with van der Waals surface area (Å²) in [5, 5.41) is 3.29. The first-order valence-corrected chi connectivity index (χ1v) is 5.02. The lowest BCUT2D eigenvalue weighted by molar-refractivity contribution is 0.481. The van der Waals surface area contributed by atoms with E-state index in [1.165, 1.54) is 6.08 Å². The van der Waals surface area contributed by atoms with Crippen LogP contribution in [0.3, 0.4) is 0 Å². The van der Waals surface area contributed by atoms with Gasteiger partial charge in [-0.25, -0.2) is 0 Å². The van der Waals surface area contributed by atoms with E-state index in [9.17, 15) is 0 Å². The molecule has 1 N–H and O–H groups in total. The van der Waals surface area contributed by atoms with Gasteiger partial charge in [-0.3, -0.25) is 0 Å². The molecule has 2 nitrogen and oxygen atoms in total. The SMILES string of the molecule is [CH]=Cc1[c]ccc2c1Nc1ccccc1O2. The van der Waals surface area contributed by atoms with E-state index in [4.69, 9.17) is 11.3 Å². The maximum Gasteiger partial charge on any atom is 0.151 e. The van der Waals surface area contributed by atoms with E-state index in [1.54, 1.807) is 6.07 Å². The van der Waals surface area contributed by atoms with Crippen LogP contribution in [0.15, 0.2) is 36.4 Å². The number of fused-ring (bicyclic) bond motifs is 2. The number of ether oxygens (including phenoxy) is 1. The second-order valence-electron chi connectivity index (χ2n) is 3.52. The number of hydrogen-bond acceptors (Lipinski definition) is 2. The molecule has 0 atom stereocenters. The number of anilines is 2. The summed E-state index contributed by atoms with van der Waals surface area (Å²) in [6, 6.07) is 14.5. The van der Waals surface area contributed by atoms with E-state index in [2.05, 4.69) is 11.4 Å². The van der Waals surface area contributed by atoms with Crippen molar-refractivity contribution in [2.75, 3.05) is 5.32 Å². The number of para-hydroxylation sites is 2. The minimum Gasteiger partial charge on any atom is -0.453 e. The number of nitrogens with one attached hydrogen (secondary N) is 1. The van der Waals surface area contributed by atoms with Crippen LogP contribution in [0.1, 0.15) is 5.56 Å². The molecule has 1 aliphatic rings. The molecule has 0 fully saturated rings. The molecule has 0 spiro atoms. The summed E-state index contributed by atoms with van der Waals surface area (Å²) in [4.78, 5) is 0. The predicted molar refractivity (Wildman–Crippen MR) is 63.8 cm³/mol. The number of benzene rings is 2. The average Bonchev–Trinajstić information content (AvgIpc) is 2.35. The van der Waals surface area contributed by atoms with Crippen molar-refractivity contribution >= 4 is 17.5 Å². The molecule has 0 aliphatic carbocycles. The highest BCUT2D eigenvalue weighted by Gasteiger charge is 2.17. The fourth-order valence-corrected chi connectivity index (χ4v) is 1.75. The van der Waals surface area contributed by atoms with Crippen molar-refractivity contribution in [3.8, 4) is 11.5 Å². The van der Waals surface area contributed by atoms with Crippen LogP contribution in [-0.4, -0.2) is 0 Å². The Morgan fingerprint density at radius 3 is 2.94 bits per heavy atom. The first kappa shape index (κ1) is 9.04. The van der Waals surface area contributed by atoms with Crippen molar-refractivity contribution < 1.29 is 4.74 Å². The summed E-state index contributed by atoms with van der Waals surface area (Å²) in [7, 11) is 0. The molecule has 0 saturated carbocycles. The first-order chi connectivity index (χ1) is 7.88. The topological polar surface area (TPSA) is 21.3 Å². The summed E-state index contributed by atoms with van der Waals surface area (Å²) in [5.74, 6) is 1.60. The minimum absolute atomic E-state index is 0.772. The quantitative estimate of drug-likeness (QED) is 0.655. The third kappa shape index (κ3) is 1.27. The van der Waals surface area contributed by atoms with Crippen LogP contribution in [0, 0.1) is 12.6 Å². The van der Waals surface area contributed by atoms with Gasteiger partial charge in [-0.1, -0.05) is 24.8 Å². The van der Waals surface area contributed by atoms with E-state index in [1.807, 2.05) is 30.3 Å². The zero-order chi connectivity index (χ0) is 11.0. The van der Waals surface area contributed by atoms with E-state index in [-0.39, 0.29) is 0 Å². The Balaban J connectivity index is 2.15. The van der Waals surface area contributed by atoms with E-state index in [0.717, 1.165) is 28.4 Å². The number of rotatable bonds is 1. The van der Waals surface area contributed by atoms with Crippen LogP contribution < -0.4 is 10.1 Å². The predicted octanol–water partition coefficient (Wildman–Crippen LogP) is 3.78. The zero-order valence-electron chi connectivity index (χ0n) is 8.53. The van der Waals surface area contributed by atoms with Gasteiger partial charge in [-0.05, 0) is 30.3 Å². The summed E-state index contributed by atoms with van der Waals surface area (Å²) < 4.78 is 5.76. The molecule has 0 aromatic heterocycles. The van der Waals surface area contributed by atoms with Crippen molar-refractivity contribution in [3.63, 3.8) is 0 Å². The van der Waals surface area contributed by atoms with Crippen LogP contribution in [0.4, 0.5) is 11.4 Å². The van der Waals surface area contributed by atoms with Gasteiger partial charge in [-0.2, -0.15) is 0 Å². The van der Waals surface area contributed by atoms with Crippen molar-refractivity contribution in [3.05, 3.63) is 54.6 Å². The molecule has 1 aliphatic heterocycles. The molecular weight excluding hydrogens is 198 g/mol. The van der Waals surface area contributed by atoms with Crippen LogP contribution in [-0.2, 0) is 0 Å². The molecule has 16 heavy (non-hydrogen) atoms. The average molecular weight is 207 g/mol. The van der Waals surface area contributed by atoms with E-state index >= 15 is 0 Å². The molecule has 0 amide bonds. The second-order valence-corrected chi connectivity index (χ2v) is 3.52.